The molecule has 12 heteroatoms. The van der Waals surface area contributed by atoms with Crippen molar-refractivity contribution in [2.45, 2.75) is 51.2 Å². The lowest BCUT2D eigenvalue weighted by molar-refractivity contribution is 0.230. The highest BCUT2D eigenvalue weighted by atomic mass is 16.5. The number of anilines is 2. The summed E-state index contributed by atoms with van der Waals surface area (Å²) in [6.45, 7) is 2.35. The number of ether oxygens (including phenoxy) is 2. The van der Waals surface area contributed by atoms with E-state index in [0.29, 0.717) is 41.4 Å². The SMILES string of the molecule is C[C@@H](CN=CN)Oc1cc(-c2cnc(Nc3cn(C4CCCCC4)nc3OC/N=C/C=C\N)nc2)ccc1C#N. The fourth-order valence-corrected chi connectivity index (χ4v) is 4.37. The Morgan fingerprint density at radius 2 is 1.98 bits per heavy atom. The minimum Gasteiger partial charge on any atom is -0.487 e. The number of allylic oxidation sites excluding steroid dienone is 1. The summed E-state index contributed by atoms with van der Waals surface area (Å²) >= 11 is 0. The molecule has 0 aliphatic heterocycles. The van der Waals surface area contributed by atoms with Crippen LogP contribution in [0.15, 0.2) is 59.1 Å². The Morgan fingerprint density at radius 1 is 1.18 bits per heavy atom. The number of nitrogens with one attached hydrogen (secondary N) is 1. The normalized spacial score (nSPS) is 15.0. The Hall–Kier alpha value is -4.92. The van der Waals surface area contributed by atoms with Gasteiger partial charge in [0.2, 0.25) is 5.95 Å². The third-order valence-electron chi connectivity index (χ3n) is 6.36. The second kappa shape index (κ2) is 14.3. The van der Waals surface area contributed by atoms with Gasteiger partial charge in [-0.05, 0) is 49.7 Å². The van der Waals surface area contributed by atoms with E-state index in [0.717, 1.165) is 24.0 Å². The fourth-order valence-electron chi connectivity index (χ4n) is 4.37. The highest BCUT2D eigenvalue weighted by molar-refractivity contribution is 5.70. The van der Waals surface area contributed by atoms with Crippen LogP contribution in [0.5, 0.6) is 11.6 Å². The molecule has 1 aliphatic carbocycles. The van der Waals surface area contributed by atoms with Gasteiger partial charge in [-0.15, -0.1) is 5.10 Å². The molecule has 0 bridgehead atoms. The summed E-state index contributed by atoms with van der Waals surface area (Å²) in [5, 5.41) is 17.4. The van der Waals surface area contributed by atoms with Crippen LogP contribution in [-0.2, 0) is 0 Å². The Kier molecular flexibility index (Phi) is 10.0. The lowest BCUT2D eigenvalue weighted by Crippen LogP contribution is -2.16. The molecule has 12 nitrogen and oxygen atoms in total. The zero-order chi connectivity index (χ0) is 28.2. The van der Waals surface area contributed by atoms with E-state index < -0.39 is 0 Å². The van der Waals surface area contributed by atoms with Gasteiger partial charge in [0.25, 0.3) is 5.88 Å². The van der Waals surface area contributed by atoms with E-state index in [1.165, 1.54) is 31.8 Å². The molecule has 2 aromatic heterocycles. The molecule has 40 heavy (non-hydrogen) atoms. The molecule has 0 radical (unpaired) electrons. The van der Waals surface area contributed by atoms with Gasteiger partial charge < -0.3 is 26.3 Å². The number of nitrogens with two attached hydrogens (primary N) is 2. The molecule has 1 aromatic carbocycles. The Balaban J connectivity index is 1.51. The molecule has 1 atom stereocenters. The number of hydrogen-bond acceptors (Lipinski definition) is 10. The summed E-state index contributed by atoms with van der Waals surface area (Å²) in [5.41, 5.74) is 13.3. The number of nitrogens with zero attached hydrogens (tertiary/aromatic N) is 7. The van der Waals surface area contributed by atoms with E-state index in [1.54, 1.807) is 36.8 Å². The first-order valence-corrected chi connectivity index (χ1v) is 13.2. The maximum absolute atomic E-state index is 9.50. The Morgan fingerprint density at radius 3 is 2.70 bits per heavy atom. The molecule has 1 aliphatic rings. The second-order valence-electron chi connectivity index (χ2n) is 9.30. The molecule has 3 aromatic rings. The third-order valence-corrected chi connectivity index (χ3v) is 6.36. The predicted molar refractivity (Wildman–Crippen MR) is 155 cm³/mol. The van der Waals surface area contributed by atoms with E-state index in [9.17, 15) is 5.26 Å². The van der Waals surface area contributed by atoms with Crippen molar-refractivity contribution in [2.24, 2.45) is 21.5 Å². The van der Waals surface area contributed by atoms with Crippen molar-refractivity contribution < 1.29 is 9.47 Å². The molecule has 0 amide bonds. The standard InChI is InChI=1S/C28H34N10O2/c1-20(14-33-18-31)40-26-12-21(8-9-22(26)13-30)23-15-34-28(35-16-23)36-25-17-38(24-6-3-2-4-7-24)37-27(25)39-19-32-11-5-10-29/h5,8-12,15-18,20,24H,2-4,6-7,14,19,29H2,1H3,(H2,31,33)(H,34,35,36)/b10-5-,32-11+/t20-/m0/s1. The summed E-state index contributed by atoms with van der Waals surface area (Å²) in [7, 11) is 0. The van der Waals surface area contributed by atoms with Crippen LogP contribution < -0.4 is 26.3 Å². The van der Waals surface area contributed by atoms with Crippen molar-refractivity contribution >= 4 is 24.2 Å². The van der Waals surface area contributed by atoms with Gasteiger partial charge in [0.05, 0.1) is 30.7 Å². The molecule has 0 unspecified atom stereocenters. The average molecular weight is 543 g/mol. The van der Waals surface area contributed by atoms with Gasteiger partial charge in [-0.25, -0.2) is 9.97 Å². The van der Waals surface area contributed by atoms with Crippen LogP contribution >= 0.6 is 0 Å². The summed E-state index contributed by atoms with van der Waals surface area (Å²) < 4.78 is 13.7. The van der Waals surface area contributed by atoms with Gasteiger partial charge >= 0.3 is 0 Å². The fraction of sp³-hybridized carbons (Fsp3) is 0.357. The van der Waals surface area contributed by atoms with Crippen LogP contribution in [0.4, 0.5) is 11.6 Å². The minimum atomic E-state index is -0.251. The van der Waals surface area contributed by atoms with Crippen LogP contribution in [-0.4, -0.2) is 51.7 Å². The van der Waals surface area contributed by atoms with Crippen molar-refractivity contribution in [1.82, 2.24) is 19.7 Å². The monoisotopic (exact) mass is 542 g/mol. The second-order valence-corrected chi connectivity index (χ2v) is 9.30. The third kappa shape index (κ3) is 7.57. The van der Waals surface area contributed by atoms with E-state index in [4.69, 9.17) is 20.9 Å². The predicted octanol–water partition coefficient (Wildman–Crippen LogP) is 4.09. The van der Waals surface area contributed by atoms with Gasteiger partial charge in [0.1, 0.15) is 23.6 Å². The number of aromatic nitrogens is 4. The summed E-state index contributed by atoms with van der Waals surface area (Å²) in [6, 6.07) is 7.84. The van der Waals surface area contributed by atoms with Crippen molar-refractivity contribution in [1.29, 1.82) is 5.26 Å². The summed E-state index contributed by atoms with van der Waals surface area (Å²) in [5.74, 6) is 1.28. The maximum atomic E-state index is 9.50. The lowest BCUT2D eigenvalue weighted by atomic mass is 9.96. The van der Waals surface area contributed by atoms with E-state index in [-0.39, 0.29) is 12.8 Å². The van der Waals surface area contributed by atoms with Crippen LogP contribution in [0.3, 0.4) is 0 Å². The Labute approximate surface area is 233 Å². The molecule has 1 saturated carbocycles. The van der Waals surface area contributed by atoms with Crippen LogP contribution in [0.25, 0.3) is 11.1 Å². The maximum Gasteiger partial charge on any atom is 0.258 e. The number of nitriles is 1. The van der Waals surface area contributed by atoms with Crippen LogP contribution in [0.2, 0.25) is 0 Å². The highest BCUT2D eigenvalue weighted by Gasteiger charge is 2.20. The van der Waals surface area contributed by atoms with Gasteiger partial charge in [0.15, 0.2) is 6.73 Å². The topological polar surface area (TPSA) is 175 Å². The van der Waals surface area contributed by atoms with Crippen molar-refractivity contribution in [3.8, 4) is 28.8 Å². The van der Waals surface area contributed by atoms with E-state index >= 15 is 0 Å². The van der Waals surface area contributed by atoms with Crippen LogP contribution in [0.1, 0.15) is 50.6 Å². The molecule has 1 fully saturated rings. The van der Waals surface area contributed by atoms with E-state index in [2.05, 4.69) is 36.4 Å². The number of aliphatic imine (C=N–C) groups is 2. The largest absolute Gasteiger partial charge is 0.487 e. The molecule has 5 N–H and O–H groups in total. The van der Waals surface area contributed by atoms with Gasteiger partial charge in [-0.1, -0.05) is 25.3 Å². The molecule has 208 valence electrons. The molecule has 2 heterocycles. The summed E-state index contributed by atoms with van der Waals surface area (Å²) in [4.78, 5) is 17.2. The van der Waals surface area contributed by atoms with Gasteiger partial charge in [-0.2, -0.15) is 5.26 Å². The highest BCUT2D eigenvalue weighted by Crippen LogP contribution is 2.33. The first-order valence-electron chi connectivity index (χ1n) is 13.2. The zero-order valence-corrected chi connectivity index (χ0v) is 22.5. The minimum absolute atomic E-state index is 0.0980. The average Bonchev–Trinajstić information content (AvgIpc) is 3.39. The molecule has 0 saturated heterocycles. The number of rotatable bonds is 12. The van der Waals surface area contributed by atoms with Gasteiger partial charge in [-0.3, -0.25) is 14.7 Å². The van der Waals surface area contributed by atoms with E-state index in [1.807, 2.05) is 23.9 Å². The Bertz CT molecular complexity index is 1370. The van der Waals surface area contributed by atoms with Gasteiger partial charge in [0, 0.05) is 24.2 Å². The summed E-state index contributed by atoms with van der Waals surface area (Å²) in [6.07, 6.45) is 16.7. The van der Waals surface area contributed by atoms with Crippen molar-refractivity contribution in [3.05, 3.63) is 54.6 Å². The first-order chi connectivity index (χ1) is 19.6. The van der Waals surface area contributed by atoms with Crippen LogP contribution in [0, 0.1) is 11.3 Å². The quantitative estimate of drug-likeness (QED) is 0.225. The molecular weight excluding hydrogens is 508 g/mol. The zero-order valence-electron chi connectivity index (χ0n) is 22.5. The smallest absolute Gasteiger partial charge is 0.258 e. The van der Waals surface area contributed by atoms with Crippen molar-refractivity contribution in [3.63, 3.8) is 0 Å². The number of benzene rings is 1. The number of hydrogen-bond donors (Lipinski definition) is 3. The molecule has 0 spiro atoms. The lowest BCUT2D eigenvalue weighted by Gasteiger charge is -2.21. The molecular formula is C28H34N10O2. The first kappa shape index (κ1) is 28.1. The van der Waals surface area contributed by atoms with Crippen molar-refractivity contribution in [2.75, 3.05) is 18.6 Å². The molecule has 4 rings (SSSR count).